The normalized spacial score (nSPS) is 17.2. The van der Waals surface area contributed by atoms with Gasteiger partial charge in [0.1, 0.15) is 5.82 Å². The van der Waals surface area contributed by atoms with Crippen molar-refractivity contribution in [3.63, 3.8) is 0 Å². The predicted molar refractivity (Wildman–Crippen MR) is 101 cm³/mol. The first-order valence-corrected chi connectivity index (χ1v) is 9.27. The van der Waals surface area contributed by atoms with Crippen molar-refractivity contribution in [2.75, 3.05) is 19.6 Å². The standard InChI is InChI=1S/C22H26FNO2/c1-17-4-6-18(7-5-17)21(25)3-2-14-24-15-12-22(26,13-16-24)19-8-10-20(23)11-9-19/h4-11,26H,2-3,12-16H2,1H3. The number of hydrogen-bond acceptors (Lipinski definition) is 3. The van der Waals surface area contributed by atoms with Crippen molar-refractivity contribution in [1.82, 2.24) is 4.90 Å². The predicted octanol–water partition coefficient (Wildman–Crippen LogP) is 4.08. The summed E-state index contributed by atoms with van der Waals surface area (Å²) in [5, 5.41) is 10.8. The van der Waals surface area contributed by atoms with Crippen molar-refractivity contribution in [3.05, 3.63) is 71.0 Å². The molecule has 138 valence electrons. The maximum absolute atomic E-state index is 13.1. The Morgan fingerprint density at radius 3 is 2.31 bits per heavy atom. The van der Waals surface area contributed by atoms with Crippen molar-refractivity contribution in [2.45, 2.75) is 38.2 Å². The molecule has 1 saturated heterocycles. The number of Topliss-reactive ketones (excluding diaryl/α,β-unsaturated/α-hetero) is 1. The van der Waals surface area contributed by atoms with Crippen molar-refractivity contribution >= 4 is 5.78 Å². The largest absolute Gasteiger partial charge is 0.385 e. The Balaban J connectivity index is 1.44. The van der Waals surface area contributed by atoms with Gasteiger partial charge >= 0.3 is 0 Å². The monoisotopic (exact) mass is 355 g/mol. The molecule has 26 heavy (non-hydrogen) atoms. The molecule has 3 nitrogen and oxygen atoms in total. The summed E-state index contributed by atoms with van der Waals surface area (Å²) in [7, 11) is 0. The Kier molecular flexibility index (Phi) is 5.84. The van der Waals surface area contributed by atoms with E-state index in [1.165, 1.54) is 12.1 Å². The van der Waals surface area contributed by atoms with E-state index in [0.717, 1.165) is 42.7 Å². The first-order valence-electron chi connectivity index (χ1n) is 9.27. The molecule has 0 aromatic heterocycles. The molecule has 2 aromatic rings. The average molecular weight is 355 g/mol. The van der Waals surface area contributed by atoms with E-state index in [2.05, 4.69) is 4.90 Å². The summed E-state index contributed by atoms with van der Waals surface area (Å²) in [6.07, 6.45) is 2.62. The first-order chi connectivity index (χ1) is 12.5. The van der Waals surface area contributed by atoms with Crippen LogP contribution in [0.5, 0.6) is 0 Å². The van der Waals surface area contributed by atoms with Crippen molar-refractivity contribution in [1.29, 1.82) is 0 Å². The molecular formula is C22H26FNO2. The van der Waals surface area contributed by atoms with E-state index >= 15 is 0 Å². The molecule has 3 rings (SSSR count). The summed E-state index contributed by atoms with van der Waals surface area (Å²) in [4.78, 5) is 14.5. The maximum Gasteiger partial charge on any atom is 0.162 e. The van der Waals surface area contributed by atoms with Crippen molar-refractivity contribution in [3.8, 4) is 0 Å². The average Bonchev–Trinajstić information content (AvgIpc) is 2.64. The lowest BCUT2D eigenvalue weighted by molar-refractivity contribution is -0.0260. The maximum atomic E-state index is 13.1. The Bertz CT molecular complexity index is 732. The number of likely N-dealkylation sites (tertiary alicyclic amines) is 1. The van der Waals surface area contributed by atoms with Crippen LogP contribution in [-0.4, -0.2) is 35.4 Å². The minimum absolute atomic E-state index is 0.185. The van der Waals surface area contributed by atoms with Crippen LogP contribution in [-0.2, 0) is 5.60 Å². The second-order valence-electron chi connectivity index (χ2n) is 7.27. The number of carbonyl (C=O) groups excluding carboxylic acids is 1. The highest BCUT2D eigenvalue weighted by atomic mass is 19.1. The number of aliphatic hydroxyl groups is 1. The van der Waals surface area contributed by atoms with Gasteiger partial charge in [0.15, 0.2) is 5.78 Å². The molecule has 1 aliphatic heterocycles. The minimum atomic E-state index is -0.873. The van der Waals surface area contributed by atoms with Crippen LogP contribution < -0.4 is 0 Å². The number of carbonyl (C=O) groups is 1. The lowest BCUT2D eigenvalue weighted by atomic mass is 9.84. The van der Waals surface area contributed by atoms with Gasteiger partial charge in [-0.25, -0.2) is 4.39 Å². The van der Waals surface area contributed by atoms with Crippen LogP contribution in [0.25, 0.3) is 0 Å². The van der Waals surface area contributed by atoms with Gasteiger partial charge in [0.25, 0.3) is 0 Å². The molecule has 4 heteroatoms. The van der Waals surface area contributed by atoms with E-state index < -0.39 is 5.60 Å². The zero-order valence-electron chi connectivity index (χ0n) is 15.2. The fraction of sp³-hybridized carbons (Fsp3) is 0.409. The van der Waals surface area contributed by atoms with Gasteiger partial charge in [-0.2, -0.15) is 0 Å². The summed E-state index contributed by atoms with van der Waals surface area (Å²) < 4.78 is 13.1. The molecule has 0 spiro atoms. The molecule has 0 saturated carbocycles. The van der Waals surface area contributed by atoms with Crippen LogP contribution >= 0.6 is 0 Å². The third-order valence-corrected chi connectivity index (χ3v) is 5.32. The fourth-order valence-electron chi connectivity index (χ4n) is 3.54. The summed E-state index contributed by atoms with van der Waals surface area (Å²) in [5.41, 5.74) is 1.85. The van der Waals surface area contributed by atoms with E-state index in [1.807, 2.05) is 31.2 Å². The third-order valence-electron chi connectivity index (χ3n) is 5.32. The number of ketones is 1. The number of piperidine rings is 1. The molecule has 2 aromatic carbocycles. The van der Waals surface area contributed by atoms with Crippen molar-refractivity contribution in [2.24, 2.45) is 0 Å². The smallest absolute Gasteiger partial charge is 0.162 e. The van der Waals surface area contributed by atoms with Gasteiger partial charge in [-0.1, -0.05) is 42.0 Å². The molecular weight excluding hydrogens is 329 g/mol. The van der Waals surface area contributed by atoms with Gasteiger partial charge in [-0.05, 0) is 50.4 Å². The van der Waals surface area contributed by atoms with E-state index in [4.69, 9.17) is 0 Å². The molecule has 0 bridgehead atoms. The molecule has 1 N–H and O–H groups in total. The molecule has 0 unspecified atom stereocenters. The number of benzene rings is 2. The van der Waals surface area contributed by atoms with Gasteiger partial charge in [0, 0.05) is 25.1 Å². The zero-order chi connectivity index (χ0) is 18.6. The van der Waals surface area contributed by atoms with E-state index in [1.54, 1.807) is 12.1 Å². The number of halogens is 1. The minimum Gasteiger partial charge on any atom is -0.385 e. The molecule has 0 aliphatic carbocycles. The highest BCUT2D eigenvalue weighted by Crippen LogP contribution is 2.32. The van der Waals surface area contributed by atoms with Gasteiger partial charge < -0.3 is 10.0 Å². The molecule has 1 fully saturated rings. The van der Waals surface area contributed by atoms with E-state index in [0.29, 0.717) is 19.3 Å². The second-order valence-corrected chi connectivity index (χ2v) is 7.27. The van der Waals surface area contributed by atoms with Crippen LogP contribution in [0, 0.1) is 12.7 Å². The summed E-state index contributed by atoms with van der Waals surface area (Å²) >= 11 is 0. The van der Waals surface area contributed by atoms with Gasteiger partial charge in [0.2, 0.25) is 0 Å². The lowest BCUT2D eigenvalue weighted by Crippen LogP contribution is -2.42. The van der Waals surface area contributed by atoms with Crippen LogP contribution in [0.2, 0.25) is 0 Å². The highest BCUT2D eigenvalue weighted by Gasteiger charge is 2.33. The first kappa shape index (κ1) is 18.7. The Labute approximate surface area is 154 Å². The SMILES string of the molecule is Cc1ccc(C(=O)CCCN2CCC(O)(c3ccc(F)cc3)CC2)cc1. The number of rotatable bonds is 6. The van der Waals surface area contributed by atoms with Crippen molar-refractivity contribution < 1.29 is 14.3 Å². The second kappa shape index (κ2) is 8.11. The molecule has 0 radical (unpaired) electrons. The highest BCUT2D eigenvalue weighted by molar-refractivity contribution is 5.96. The number of hydrogen-bond donors (Lipinski definition) is 1. The van der Waals surface area contributed by atoms with Crippen LogP contribution in [0.4, 0.5) is 4.39 Å². The fourth-order valence-corrected chi connectivity index (χ4v) is 3.54. The van der Waals surface area contributed by atoms with Gasteiger partial charge in [0.05, 0.1) is 5.60 Å². The molecule has 0 amide bonds. The topological polar surface area (TPSA) is 40.5 Å². The zero-order valence-corrected chi connectivity index (χ0v) is 15.2. The Morgan fingerprint density at radius 1 is 1.08 bits per heavy atom. The molecule has 0 atom stereocenters. The lowest BCUT2D eigenvalue weighted by Gasteiger charge is -2.38. The molecule has 1 heterocycles. The number of aryl methyl sites for hydroxylation is 1. The van der Waals surface area contributed by atoms with Crippen LogP contribution in [0.1, 0.15) is 47.2 Å². The quantitative estimate of drug-likeness (QED) is 0.794. The van der Waals surface area contributed by atoms with Crippen LogP contribution in [0.15, 0.2) is 48.5 Å². The van der Waals surface area contributed by atoms with Crippen LogP contribution in [0.3, 0.4) is 0 Å². The van der Waals surface area contributed by atoms with E-state index in [9.17, 15) is 14.3 Å². The van der Waals surface area contributed by atoms with E-state index in [-0.39, 0.29) is 11.6 Å². The summed E-state index contributed by atoms with van der Waals surface area (Å²) in [6.45, 7) is 4.44. The molecule has 1 aliphatic rings. The number of nitrogens with zero attached hydrogens (tertiary/aromatic N) is 1. The summed E-state index contributed by atoms with van der Waals surface area (Å²) in [5.74, 6) is -0.0992. The van der Waals surface area contributed by atoms with Gasteiger partial charge in [-0.3, -0.25) is 4.79 Å². The summed E-state index contributed by atoms with van der Waals surface area (Å²) in [6, 6.07) is 13.9. The third kappa shape index (κ3) is 4.57. The Hall–Kier alpha value is -2.04. The Morgan fingerprint density at radius 2 is 1.69 bits per heavy atom. The van der Waals surface area contributed by atoms with Gasteiger partial charge in [-0.15, -0.1) is 0 Å².